The van der Waals surface area contributed by atoms with Gasteiger partial charge in [-0.05, 0) is 61.1 Å². The first-order valence-corrected chi connectivity index (χ1v) is 11.9. The summed E-state index contributed by atoms with van der Waals surface area (Å²) in [5.41, 5.74) is 3.37. The van der Waals surface area contributed by atoms with Crippen molar-refractivity contribution in [2.24, 2.45) is 0 Å². The molecule has 3 aromatic rings. The Hall–Kier alpha value is -3.07. The van der Waals surface area contributed by atoms with Gasteiger partial charge in [-0.3, -0.25) is 9.48 Å². The number of methoxy groups -OCH3 is 1. The summed E-state index contributed by atoms with van der Waals surface area (Å²) in [4.78, 5) is 11.1. The highest BCUT2D eigenvalue weighted by molar-refractivity contribution is 8.00. The third-order valence-electron chi connectivity index (χ3n) is 5.28. The molecule has 0 spiro atoms. The summed E-state index contributed by atoms with van der Waals surface area (Å²) < 4.78 is 47.5. The molecule has 34 heavy (non-hydrogen) atoms. The van der Waals surface area contributed by atoms with Crippen molar-refractivity contribution in [1.29, 1.82) is 0 Å². The van der Waals surface area contributed by atoms with Crippen molar-refractivity contribution in [3.8, 4) is 11.1 Å². The Morgan fingerprint density at radius 1 is 1.06 bits per heavy atom. The number of aryl methyl sites for hydroxylation is 3. The van der Waals surface area contributed by atoms with Crippen LogP contribution in [0.3, 0.4) is 0 Å². The van der Waals surface area contributed by atoms with Gasteiger partial charge in [0.2, 0.25) is 0 Å². The van der Waals surface area contributed by atoms with Gasteiger partial charge in [0.25, 0.3) is 0 Å². The maximum atomic E-state index is 14.6. The van der Waals surface area contributed by atoms with Gasteiger partial charge in [0.1, 0.15) is 5.82 Å². The number of halogens is 3. The molecule has 0 fully saturated rings. The molecule has 0 bridgehead atoms. The summed E-state index contributed by atoms with van der Waals surface area (Å²) in [5.74, 6) is -1.46. The Morgan fingerprint density at radius 2 is 1.79 bits per heavy atom. The number of aromatic nitrogens is 3. The summed E-state index contributed by atoms with van der Waals surface area (Å²) in [7, 11) is 1.38. The molecule has 1 heterocycles. The van der Waals surface area contributed by atoms with E-state index in [1.807, 2.05) is 13.1 Å². The topological polar surface area (TPSA) is 57.0 Å². The molecule has 3 rings (SSSR count). The number of esters is 1. The van der Waals surface area contributed by atoms with Crippen LogP contribution in [0.2, 0.25) is 0 Å². The van der Waals surface area contributed by atoms with Gasteiger partial charge >= 0.3 is 5.97 Å². The van der Waals surface area contributed by atoms with Crippen LogP contribution in [-0.2, 0) is 28.9 Å². The number of hydrogen-bond donors (Lipinski definition) is 0. The van der Waals surface area contributed by atoms with E-state index in [0.717, 1.165) is 30.0 Å². The van der Waals surface area contributed by atoms with Crippen molar-refractivity contribution in [3.05, 3.63) is 83.0 Å². The fourth-order valence-electron chi connectivity index (χ4n) is 3.23. The second kappa shape index (κ2) is 12.4. The van der Waals surface area contributed by atoms with E-state index < -0.39 is 17.5 Å². The summed E-state index contributed by atoms with van der Waals surface area (Å²) in [6, 6.07) is 8.19. The van der Waals surface area contributed by atoms with Crippen molar-refractivity contribution < 1.29 is 22.7 Å². The van der Waals surface area contributed by atoms with Crippen LogP contribution in [0.5, 0.6) is 0 Å². The Morgan fingerprint density at radius 3 is 2.50 bits per heavy atom. The standard InChI is InChI=1S/C25H26F3N3O2S/c1-17(10-12-34-16-25(32)33-2)9-11-31-15-21(29-30-31)7-5-18-3-4-19(13-23(18)27)20-6-8-22(26)24(28)14-20/h3-4,6,8,10,13-15H,5,7,9,11-12,16H2,1-2H3/b17-10+. The number of thioether (sulfide) groups is 1. The first-order chi connectivity index (χ1) is 16.4. The highest BCUT2D eigenvalue weighted by atomic mass is 32.2. The van der Waals surface area contributed by atoms with E-state index in [0.29, 0.717) is 41.8 Å². The lowest BCUT2D eigenvalue weighted by Crippen LogP contribution is -2.03. The van der Waals surface area contributed by atoms with Crippen molar-refractivity contribution in [2.75, 3.05) is 18.6 Å². The minimum absolute atomic E-state index is 0.231. The molecule has 2 aromatic carbocycles. The van der Waals surface area contributed by atoms with E-state index in [1.165, 1.54) is 36.6 Å². The van der Waals surface area contributed by atoms with E-state index in [1.54, 1.807) is 16.8 Å². The zero-order chi connectivity index (χ0) is 24.5. The quantitative estimate of drug-likeness (QED) is 0.205. The van der Waals surface area contributed by atoms with E-state index in [9.17, 15) is 18.0 Å². The summed E-state index contributed by atoms with van der Waals surface area (Å²) in [6.45, 7) is 2.71. The van der Waals surface area contributed by atoms with E-state index in [2.05, 4.69) is 21.1 Å². The van der Waals surface area contributed by atoms with Crippen LogP contribution in [0.4, 0.5) is 13.2 Å². The van der Waals surface area contributed by atoms with Crippen LogP contribution < -0.4 is 0 Å². The molecule has 0 aliphatic heterocycles. The van der Waals surface area contributed by atoms with E-state index in [4.69, 9.17) is 0 Å². The fourth-order valence-corrected chi connectivity index (χ4v) is 4.03. The second-order valence-corrected chi connectivity index (χ2v) is 8.83. The summed E-state index contributed by atoms with van der Waals surface area (Å²) >= 11 is 1.50. The Labute approximate surface area is 201 Å². The molecule has 9 heteroatoms. The van der Waals surface area contributed by atoms with Gasteiger partial charge < -0.3 is 4.74 Å². The molecule has 180 valence electrons. The molecular formula is C25H26F3N3O2S. The minimum Gasteiger partial charge on any atom is -0.468 e. The van der Waals surface area contributed by atoms with Crippen LogP contribution in [-0.4, -0.2) is 39.6 Å². The predicted octanol–water partition coefficient (Wildman–Crippen LogP) is 5.39. The van der Waals surface area contributed by atoms with Gasteiger partial charge in [0.15, 0.2) is 11.6 Å². The Kier molecular flexibility index (Phi) is 9.33. The molecule has 5 nitrogen and oxygen atoms in total. The molecule has 0 atom stereocenters. The zero-order valence-corrected chi connectivity index (χ0v) is 19.9. The summed E-state index contributed by atoms with van der Waals surface area (Å²) in [5, 5.41) is 8.30. The molecule has 0 unspecified atom stereocenters. The molecule has 0 saturated carbocycles. The highest BCUT2D eigenvalue weighted by Gasteiger charge is 2.10. The third kappa shape index (κ3) is 7.48. The smallest absolute Gasteiger partial charge is 0.315 e. The fraction of sp³-hybridized carbons (Fsp3) is 0.320. The molecule has 0 N–H and O–H groups in total. The highest BCUT2D eigenvalue weighted by Crippen LogP contribution is 2.24. The third-order valence-corrected chi connectivity index (χ3v) is 6.12. The second-order valence-electron chi connectivity index (χ2n) is 7.80. The van der Waals surface area contributed by atoms with Gasteiger partial charge in [-0.2, -0.15) is 0 Å². The number of allylic oxidation sites excluding steroid dienone is 1. The van der Waals surface area contributed by atoms with Crippen LogP contribution in [0.15, 0.2) is 54.2 Å². The number of carbonyl (C=O) groups excluding carboxylic acids is 1. The number of rotatable bonds is 11. The lowest BCUT2D eigenvalue weighted by molar-refractivity contribution is -0.137. The molecule has 0 aliphatic rings. The maximum Gasteiger partial charge on any atom is 0.315 e. The molecule has 0 saturated heterocycles. The van der Waals surface area contributed by atoms with Crippen LogP contribution in [0, 0.1) is 17.5 Å². The molecule has 0 amide bonds. The Balaban J connectivity index is 1.49. The van der Waals surface area contributed by atoms with Crippen LogP contribution in [0.1, 0.15) is 24.6 Å². The largest absolute Gasteiger partial charge is 0.468 e. The number of nitrogens with zero attached hydrogens (tertiary/aromatic N) is 3. The summed E-state index contributed by atoms with van der Waals surface area (Å²) in [6.07, 6.45) is 5.71. The average molecular weight is 490 g/mol. The minimum atomic E-state index is -0.965. The normalized spacial score (nSPS) is 11.6. The lowest BCUT2D eigenvalue weighted by atomic mass is 10.0. The van der Waals surface area contributed by atoms with Crippen molar-refractivity contribution in [3.63, 3.8) is 0 Å². The van der Waals surface area contributed by atoms with Crippen molar-refractivity contribution in [1.82, 2.24) is 15.0 Å². The van der Waals surface area contributed by atoms with Crippen LogP contribution in [0.25, 0.3) is 11.1 Å². The molecule has 0 aliphatic carbocycles. The number of ether oxygens (including phenoxy) is 1. The number of hydrogen-bond acceptors (Lipinski definition) is 5. The van der Waals surface area contributed by atoms with Gasteiger partial charge in [-0.15, -0.1) is 16.9 Å². The number of carbonyl (C=O) groups is 1. The predicted molar refractivity (Wildman–Crippen MR) is 127 cm³/mol. The maximum absolute atomic E-state index is 14.6. The van der Waals surface area contributed by atoms with Crippen molar-refractivity contribution >= 4 is 17.7 Å². The average Bonchev–Trinajstić information content (AvgIpc) is 3.29. The SMILES string of the molecule is COC(=O)CSC/C=C(\C)CCn1cc(CCc2ccc(-c3ccc(F)c(F)c3)cc2F)nn1. The van der Waals surface area contributed by atoms with Gasteiger partial charge in [0, 0.05) is 18.5 Å². The molecule has 0 radical (unpaired) electrons. The van der Waals surface area contributed by atoms with E-state index >= 15 is 0 Å². The first kappa shape index (κ1) is 25.6. The van der Waals surface area contributed by atoms with Crippen molar-refractivity contribution in [2.45, 2.75) is 32.7 Å². The van der Waals surface area contributed by atoms with Gasteiger partial charge in [0.05, 0.1) is 18.6 Å². The monoisotopic (exact) mass is 489 g/mol. The van der Waals surface area contributed by atoms with Gasteiger partial charge in [-0.25, -0.2) is 13.2 Å². The molecule has 1 aromatic heterocycles. The Bertz CT molecular complexity index is 1160. The van der Waals surface area contributed by atoms with Gasteiger partial charge in [-0.1, -0.05) is 35.1 Å². The number of benzene rings is 2. The molecular weight excluding hydrogens is 463 g/mol. The lowest BCUT2D eigenvalue weighted by Gasteiger charge is -2.07. The zero-order valence-electron chi connectivity index (χ0n) is 19.1. The first-order valence-electron chi connectivity index (χ1n) is 10.8. The van der Waals surface area contributed by atoms with Crippen LogP contribution >= 0.6 is 11.8 Å². The van der Waals surface area contributed by atoms with E-state index in [-0.39, 0.29) is 5.97 Å².